The predicted octanol–water partition coefficient (Wildman–Crippen LogP) is 4.20. The molecule has 0 aliphatic carbocycles. The van der Waals surface area contributed by atoms with Crippen molar-refractivity contribution in [2.75, 3.05) is 23.3 Å². The molecular weight excluding hydrogens is 468 g/mol. The molecule has 4 aromatic rings. The van der Waals surface area contributed by atoms with E-state index in [0.29, 0.717) is 35.5 Å². The summed E-state index contributed by atoms with van der Waals surface area (Å²) in [5.74, 6) is -0.266. The van der Waals surface area contributed by atoms with E-state index >= 15 is 0 Å². The van der Waals surface area contributed by atoms with Crippen molar-refractivity contribution in [3.8, 4) is 5.75 Å². The molecule has 9 heteroatoms. The number of fused-ring (bicyclic) bond motifs is 2. The second-order valence-corrected chi connectivity index (χ2v) is 9.98. The molecule has 0 fully saturated rings. The monoisotopic (exact) mass is 490 g/mol. The number of nitrogens with zero attached hydrogens (tertiary/aromatic N) is 1. The van der Waals surface area contributed by atoms with Gasteiger partial charge in [0.2, 0.25) is 0 Å². The first-order chi connectivity index (χ1) is 16.9. The van der Waals surface area contributed by atoms with Gasteiger partial charge in [0.05, 0.1) is 17.7 Å². The maximum Gasteiger partial charge on any atom is 0.349 e. The van der Waals surface area contributed by atoms with Crippen LogP contribution in [0.25, 0.3) is 11.0 Å². The van der Waals surface area contributed by atoms with Gasteiger partial charge in [0, 0.05) is 17.6 Å². The number of methoxy groups -OCH3 is 1. The van der Waals surface area contributed by atoms with E-state index in [4.69, 9.17) is 9.15 Å². The van der Waals surface area contributed by atoms with Crippen molar-refractivity contribution in [1.82, 2.24) is 0 Å². The van der Waals surface area contributed by atoms with E-state index in [2.05, 4.69) is 5.32 Å². The first-order valence-electron chi connectivity index (χ1n) is 11.0. The molecule has 0 saturated carbocycles. The Kier molecular flexibility index (Phi) is 5.78. The number of sulfonamides is 1. The number of aryl methyl sites for hydroxylation is 1. The molecule has 2 heterocycles. The average Bonchev–Trinajstić information content (AvgIpc) is 2.88. The van der Waals surface area contributed by atoms with Gasteiger partial charge in [-0.1, -0.05) is 36.4 Å². The number of para-hydroxylation sites is 1. The number of hydrogen-bond donors (Lipinski definition) is 1. The minimum atomic E-state index is -3.77. The number of hydrogen-bond acceptors (Lipinski definition) is 6. The Morgan fingerprint density at radius 3 is 2.60 bits per heavy atom. The summed E-state index contributed by atoms with van der Waals surface area (Å²) in [6.07, 6.45) is 1.41. The first kappa shape index (κ1) is 22.7. The van der Waals surface area contributed by atoms with Crippen LogP contribution >= 0.6 is 0 Å². The van der Waals surface area contributed by atoms with Gasteiger partial charge < -0.3 is 14.5 Å². The van der Waals surface area contributed by atoms with Crippen molar-refractivity contribution in [2.24, 2.45) is 0 Å². The third kappa shape index (κ3) is 4.15. The van der Waals surface area contributed by atoms with Crippen LogP contribution in [0.1, 0.15) is 22.3 Å². The van der Waals surface area contributed by atoms with Crippen molar-refractivity contribution >= 4 is 38.3 Å². The summed E-state index contributed by atoms with van der Waals surface area (Å²) in [5.41, 5.74) is 1.03. The number of nitrogens with one attached hydrogen (secondary N) is 1. The van der Waals surface area contributed by atoms with Crippen LogP contribution in [0.3, 0.4) is 0 Å². The molecule has 35 heavy (non-hydrogen) atoms. The van der Waals surface area contributed by atoms with Gasteiger partial charge in [-0.15, -0.1) is 0 Å². The summed E-state index contributed by atoms with van der Waals surface area (Å²) in [6, 6.07) is 19.9. The average molecular weight is 491 g/mol. The molecule has 3 aromatic carbocycles. The molecule has 5 rings (SSSR count). The van der Waals surface area contributed by atoms with Gasteiger partial charge in [0.1, 0.15) is 5.56 Å². The van der Waals surface area contributed by atoms with Gasteiger partial charge in [0.25, 0.3) is 15.9 Å². The normalized spacial score (nSPS) is 13.3. The third-order valence-electron chi connectivity index (χ3n) is 5.94. The van der Waals surface area contributed by atoms with Crippen molar-refractivity contribution in [3.63, 3.8) is 0 Å². The quantitative estimate of drug-likeness (QED) is 0.421. The molecule has 1 aromatic heterocycles. The Hall–Kier alpha value is -4.11. The lowest BCUT2D eigenvalue weighted by Crippen LogP contribution is -2.35. The number of ether oxygens (including phenoxy) is 1. The van der Waals surface area contributed by atoms with Gasteiger partial charge in [-0.2, -0.15) is 0 Å². The van der Waals surface area contributed by atoms with Crippen molar-refractivity contribution < 1.29 is 22.4 Å². The summed E-state index contributed by atoms with van der Waals surface area (Å²) in [5, 5.41) is 3.24. The van der Waals surface area contributed by atoms with Crippen LogP contribution in [-0.4, -0.2) is 28.0 Å². The Bertz CT molecular complexity index is 1600. The second kappa shape index (κ2) is 8.92. The SMILES string of the molecule is COc1cccc2cc(C(=O)Nc3ccc4c(c3)N(S(=O)(=O)c3ccccc3)CCC4)c(=O)oc12. The van der Waals surface area contributed by atoms with E-state index in [9.17, 15) is 18.0 Å². The van der Waals surface area contributed by atoms with Gasteiger partial charge in [-0.25, -0.2) is 13.2 Å². The minimum absolute atomic E-state index is 0.169. The highest BCUT2D eigenvalue weighted by molar-refractivity contribution is 7.92. The zero-order chi connectivity index (χ0) is 24.6. The smallest absolute Gasteiger partial charge is 0.349 e. The van der Waals surface area contributed by atoms with Crippen LogP contribution in [0.5, 0.6) is 5.75 Å². The topological polar surface area (TPSA) is 106 Å². The van der Waals surface area contributed by atoms with Crippen LogP contribution in [-0.2, 0) is 16.4 Å². The van der Waals surface area contributed by atoms with Crippen LogP contribution in [0.2, 0.25) is 0 Å². The summed E-state index contributed by atoms with van der Waals surface area (Å²) >= 11 is 0. The number of benzene rings is 3. The van der Waals surface area contributed by atoms with Crippen molar-refractivity contribution in [3.05, 3.63) is 94.3 Å². The van der Waals surface area contributed by atoms with Gasteiger partial charge in [-0.3, -0.25) is 9.10 Å². The third-order valence-corrected chi connectivity index (χ3v) is 7.77. The molecule has 1 aliphatic rings. The summed E-state index contributed by atoms with van der Waals surface area (Å²) < 4.78 is 38.5. The maximum atomic E-state index is 13.3. The van der Waals surface area contributed by atoms with E-state index in [-0.39, 0.29) is 16.0 Å². The second-order valence-electron chi connectivity index (χ2n) is 8.12. The van der Waals surface area contributed by atoms with Crippen molar-refractivity contribution in [1.29, 1.82) is 0 Å². The Labute approximate surface area is 201 Å². The van der Waals surface area contributed by atoms with Crippen LogP contribution in [0, 0.1) is 0 Å². The van der Waals surface area contributed by atoms with Crippen LogP contribution in [0.15, 0.2) is 86.9 Å². The van der Waals surface area contributed by atoms with E-state index in [1.54, 1.807) is 66.7 Å². The Morgan fingerprint density at radius 1 is 1.03 bits per heavy atom. The summed E-state index contributed by atoms with van der Waals surface area (Å²) in [7, 11) is -2.30. The zero-order valence-corrected chi connectivity index (χ0v) is 19.7. The Balaban J connectivity index is 1.48. The van der Waals surface area contributed by atoms with Gasteiger partial charge in [0.15, 0.2) is 11.3 Å². The predicted molar refractivity (Wildman–Crippen MR) is 133 cm³/mol. The first-order valence-corrected chi connectivity index (χ1v) is 12.5. The van der Waals surface area contributed by atoms with Crippen LogP contribution < -0.4 is 20.0 Å². The molecule has 0 radical (unpaired) electrons. The Morgan fingerprint density at radius 2 is 1.83 bits per heavy atom. The molecule has 1 aliphatic heterocycles. The van der Waals surface area contributed by atoms with Crippen molar-refractivity contribution in [2.45, 2.75) is 17.7 Å². The lowest BCUT2D eigenvalue weighted by atomic mass is 10.0. The lowest BCUT2D eigenvalue weighted by molar-refractivity contribution is 0.102. The summed E-state index contributed by atoms with van der Waals surface area (Å²) in [4.78, 5) is 25.7. The fourth-order valence-corrected chi connectivity index (χ4v) is 5.78. The highest BCUT2D eigenvalue weighted by atomic mass is 32.2. The molecule has 178 valence electrons. The van der Waals surface area contributed by atoms with Gasteiger partial charge in [-0.05, 0) is 54.8 Å². The largest absolute Gasteiger partial charge is 0.493 e. The zero-order valence-electron chi connectivity index (χ0n) is 18.9. The van der Waals surface area contributed by atoms with Gasteiger partial charge >= 0.3 is 5.63 Å². The molecular formula is C26H22N2O6S. The number of amides is 1. The molecule has 1 N–H and O–H groups in total. The highest BCUT2D eigenvalue weighted by Gasteiger charge is 2.29. The van der Waals surface area contributed by atoms with Crippen LogP contribution in [0.4, 0.5) is 11.4 Å². The number of carbonyl (C=O) groups excluding carboxylic acids is 1. The molecule has 8 nitrogen and oxygen atoms in total. The van der Waals surface area contributed by atoms with E-state index in [0.717, 1.165) is 12.0 Å². The number of anilines is 2. The number of carbonyl (C=O) groups is 1. The molecule has 0 atom stereocenters. The fourth-order valence-electron chi connectivity index (χ4n) is 4.22. The highest BCUT2D eigenvalue weighted by Crippen LogP contribution is 2.34. The summed E-state index contributed by atoms with van der Waals surface area (Å²) in [6.45, 7) is 0.331. The fraction of sp³-hybridized carbons (Fsp3) is 0.154. The van der Waals surface area contributed by atoms with E-state index in [1.807, 2.05) is 0 Å². The van der Waals surface area contributed by atoms with E-state index < -0.39 is 21.6 Å². The van der Waals surface area contributed by atoms with E-state index in [1.165, 1.54) is 17.5 Å². The molecule has 1 amide bonds. The standard InChI is InChI=1S/C26H22N2O6S/c1-33-23-11-5-7-18-15-21(26(30)34-24(18)23)25(29)27-19-13-12-17-8-6-14-28(22(17)16-19)35(31,32)20-9-3-2-4-10-20/h2-5,7,9-13,15-16H,6,8,14H2,1H3,(H,27,29). The molecule has 0 unspecified atom stereocenters. The molecule has 0 saturated heterocycles. The number of rotatable bonds is 5. The lowest BCUT2D eigenvalue weighted by Gasteiger charge is -2.31. The molecule has 0 bridgehead atoms. The molecule has 0 spiro atoms. The maximum absolute atomic E-state index is 13.3. The minimum Gasteiger partial charge on any atom is -0.493 e.